The Morgan fingerprint density at radius 1 is 1.00 bits per heavy atom. The fraction of sp³-hybridized carbons (Fsp3) is 0.222. The third-order valence-electron chi connectivity index (χ3n) is 3.78. The van der Waals surface area contributed by atoms with Gasteiger partial charge in [0.1, 0.15) is 6.10 Å². The van der Waals surface area contributed by atoms with Gasteiger partial charge in [0.05, 0.1) is 6.61 Å². The molecule has 0 bridgehead atoms. The number of carbonyl (C=O) groups excluding carboxylic acids is 2. The molecule has 0 fully saturated rings. The quantitative estimate of drug-likeness (QED) is 0.853. The zero-order valence-electron chi connectivity index (χ0n) is 12.6. The van der Waals surface area contributed by atoms with Crippen LogP contribution in [0.25, 0.3) is 0 Å². The lowest BCUT2D eigenvalue weighted by atomic mass is 9.97. The van der Waals surface area contributed by atoms with Gasteiger partial charge in [0.15, 0.2) is 0 Å². The second kappa shape index (κ2) is 7.07. The van der Waals surface area contributed by atoms with Gasteiger partial charge in [-0.15, -0.1) is 0 Å². The van der Waals surface area contributed by atoms with Crippen molar-refractivity contribution in [3.63, 3.8) is 0 Å². The lowest BCUT2D eigenvalue weighted by molar-refractivity contribution is -0.136. The van der Waals surface area contributed by atoms with Crippen molar-refractivity contribution in [2.75, 3.05) is 18.5 Å². The Bertz CT molecular complexity index is 700. The van der Waals surface area contributed by atoms with Crippen LogP contribution in [0.15, 0.2) is 54.6 Å². The number of benzene rings is 2. The highest BCUT2D eigenvalue weighted by Gasteiger charge is 2.22. The molecule has 0 saturated carbocycles. The van der Waals surface area contributed by atoms with Gasteiger partial charge >= 0.3 is 11.8 Å². The van der Waals surface area contributed by atoms with Gasteiger partial charge in [-0.25, -0.2) is 0 Å². The number of rotatable bonds is 3. The number of nitrogens with one attached hydrogen (secondary N) is 2. The third-order valence-corrected chi connectivity index (χ3v) is 3.78. The first-order valence-electron chi connectivity index (χ1n) is 7.57. The topological polar surface area (TPSA) is 67.4 Å². The van der Waals surface area contributed by atoms with E-state index in [0.717, 1.165) is 12.0 Å². The van der Waals surface area contributed by atoms with Crippen molar-refractivity contribution in [1.82, 2.24) is 5.32 Å². The van der Waals surface area contributed by atoms with E-state index in [1.54, 1.807) is 24.3 Å². The summed E-state index contributed by atoms with van der Waals surface area (Å²) >= 11 is 0. The van der Waals surface area contributed by atoms with Crippen molar-refractivity contribution in [1.29, 1.82) is 0 Å². The second-order valence-corrected chi connectivity index (χ2v) is 5.34. The molecular weight excluding hydrogens is 292 g/mol. The molecule has 1 heterocycles. The van der Waals surface area contributed by atoms with Crippen molar-refractivity contribution < 1.29 is 14.3 Å². The third kappa shape index (κ3) is 3.76. The fourth-order valence-electron chi connectivity index (χ4n) is 2.62. The molecule has 1 aliphatic rings. The maximum atomic E-state index is 11.9. The van der Waals surface area contributed by atoms with Crippen molar-refractivity contribution >= 4 is 17.5 Å². The maximum Gasteiger partial charge on any atom is 0.313 e. The van der Waals surface area contributed by atoms with E-state index in [1.807, 2.05) is 24.3 Å². The van der Waals surface area contributed by atoms with E-state index in [9.17, 15) is 9.59 Å². The Morgan fingerprint density at radius 3 is 2.57 bits per heavy atom. The first-order valence-corrected chi connectivity index (χ1v) is 7.57. The van der Waals surface area contributed by atoms with Gasteiger partial charge in [0, 0.05) is 12.2 Å². The Balaban J connectivity index is 1.56. The maximum absolute atomic E-state index is 11.9. The summed E-state index contributed by atoms with van der Waals surface area (Å²) in [6.45, 7) is 0.895. The van der Waals surface area contributed by atoms with E-state index in [2.05, 4.69) is 16.7 Å². The number of hydrogen-bond acceptors (Lipinski definition) is 3. The lowest BCUT2D eigenvalue weighted by Gasteiger charge is -2.26. The Kier molecular flexibility index (Phi) is 4.68. The van der Waals surface area contributed by atoms with Gasteiger partial charge in [0.2, 0.25) is 0 Å². The molecule has 0 spiro atoms. The molecule has 118 valence electrons. The highest BCUT2D eigenvalue weighted by atomic mass is 16.5. The lowest BCUT2D eigenvalue weighted by Crippen LogP contribution is -2.38. The number of carbonyl (C=O) groups is 2. The number of anilines is 1. The summed E-state index contributed by atoms with van der Waals surface area (Å²) < 4.78 is 5.71. The van der Waals surface area contributed by atoms with E-state index < -0.39 is 11.8 Å². The first kappa shape index (κ1) is 15.2. The average molecular weight is 310 g/mol. The highest BCUT2D eigenvalue weighted by Crippen LogP contribution is 2.26. The fourth-order valence-corrected chi connectivity index (χ4v) is 2.62. The smallest absolute Gasteiger partial charge is 0.313 e. The molecule has 0 radical (unpaired) electrons. The van der Waals surface area contributed by atoms with E-state index in [0.29, 0.717) is 12.3 Å². The monoisotopic (exact) mass is 310 g/mol. The SMILES string of the molecule is O=C(NC[C@@H]1OCCc2ccccc21)C(=O)Nc1ccccc1. The molecule has 0 aliphatic carbocycles. The van der Waals surface area contributed by atoms with Crippen LogP contribution < -0.4 is 10.6 Å². The van der Waals surface area contributed by atoms with Gasteiger partial charge in [-0.3, -0.25) is 9.59 Å². The molecule has 0 unspecified atom stereocenters. The van der Waals surface area contributed by atoms with Crippen LogP contribution in [0.5, 0.6) is 0 Å². The normalized spacial score (nSPS) is 16.3. The molecule has 2 aromatic carbocycles. The summed E-state index contributed by atoms with van der Waals surface area (Å²) in [6, 6.07) is 16.9. The first-order chi connectivity index (χ1) is 11.2. The number of ether oxygens (including phenoxy) is 1. The Morgan fingerprint density at radius 2 is 1.74 bits per heavy atom. The number of para-hydroxylation sites is 1. The molecule has 0 saturated heterocycles. The predicted octanol–water partition coefficient (Wildman–Crippen LogP) is 2.06. The zero-order valence-corrected chi connectivity index (χ0v) is 12.6. The summed E-state index contributed by atoms with van der Waals surface area (Å²) in [4.78, 5) is 23.8. The van der Waals surface area contributed by atoms with Crippen molar-refractivity contribution in [3.05, 3.63) is 65.7 Å². The Labute approximate surface area is 134 Å². The minimum Gasteiger partial charge on any atom is -0.371 e. The molecule has 2 N–H and O–H groups in total. The Hall–Kier alpha value is -2.66. The van der Waals surface area contributed by atoms with Gasteiger partial charge in [-0.2, -0.15) is 0 Å². The largest absolute Gasteiger partial charge is 0.371 e. The van der Waals surface area contributed by atoms with Gasteiger partial charge in [0.25, 0.3) is 0 Å². The molecule has 1 aliphatic heterocycles. The van der Waals surface area contributed by atoms with E-state index in [-0.39, 0.29) is 12.6 Å². The van der Waals surface area contributed by atoms with E-state index in [4.69, 9.17) is 4.74 Å². The van der Waals surface area contributed by atoms with Crippen LogP contribution in [-0.4, -0.2) is 25.0 Å². The van der Waals surface area contributed by atoms with Crippen LogP contribution in [0.2, 0.25) is 0 Å². The van der Waals surface area contributed by atoms with Crippen LogP contribution in [0.3, 0.4) is 0 Å². The number of fused-ring (bicyclic) bond motifs is 1. The van der Waals surface area contributed by atoms with Crippen LogP contribution in [0.1, 0.15) is 17.2 Å². The van der Waals surface area contributed by atoms with Gasteiger partial charge < -0.3 is 15.4 Å². The molecular formula is C18H18N2O3. The molecule has 5 nitrogen and oxygen atoms in total. The summed E-state index contributed by atoms with van der Waals surface area (Å²) in [5.74, 6) is -1.35. The van der Waals surface area contributed by atoms with Crippen molar-refractivity contribution in [3.8, 4) is 0 Å². The number of amides is 2. The second-order valence-electron chi connectivity index (χ2n) is 5.34. The van der Waals surface area contributed by atoms with Crippen molar-refractivity contribution in [2.24, 2.45) is 0 Å². The van der Waals surface area contributed by atoms with E-state index >= 15 is 0 Å². The summed E-state index contributed by atoms with van der Waals surface area (Å²) in [5, 5.41) is 5.19. The molecule has 2 amide bonds. The molecule has 2 aromatic rings. The summed E-state index contributed by atoms with van der Waals surface area (Å²) in [7, 11) is 0. The summed E-state index contributed by atoms with van der Waals surface area (Å²) in [6.07, 6.45) is 0.656. The van der Waals surface area contributed by atoms with Gasteiger partial charge in [-0.05, 0) is 29.7 Å². The molecule has 0 aromatic heterocycles. The standard InChI is InChI=1S/C18H18N2O3/c21-17(18(22)20-14-7-2-1-3-8-14)19-12-16-15-9-5-4-6-13(15)10-11-23-16/h1-9,16H,10-12H2,(H,19,21)(H,20,22)/t16-/m0/s1. The van der Waals surface area contributed by atoms with Crippen LogP contribution in [0, 0.1) is 0 Å². The van der Waals surface area contributed by atoms with Crippen molar-refractivity contribution in [2.45, 2.75) is 12.5 Å². The highest BCUT2D eigenvalue weighted by molar-refractivity contribution is 6.39. The minimum absolute atomic E-state index is 0.214. The zero-order chi connectivity index (χ0) is 16.1. The van der Waals surface area contributed by atoms with Crippen LogP contribution >= 0.6 is 0 Å². The van der Waals surface area contributed by atoms with Crippen LogP contribution in [0.4, 0.5) is 5.69 Å². The van der Waals surface area contributed by atoms with Gasteiger partial charge in [-0.1, -0.05) is 42.5 Å². The summed E-state index contributed by atoms with van der Waals surface area (Å²) in [5.41, 5.74) is 2.89. The molecule has 23 heavy (non-hydrogen) atoms. The molecule has 3 rings (SSSR count). The molecule has 5 heteroatoms. The molecule has 1 atom stereocenters. The van der Waals surface area contributed by atoms with Crippen LogP contribution in [-0.2, 0) is 20.7 Å². The minimum atomic E-state index is -0.680. The predicted molar refractivity (Wildman–Crippen MR) is 86.9 cm³/mol. The van der Waals surface area contributed by atoms with E-state index in [1.165, 1.54) is 5.56 Å². The average Bonchev–Trinajstić information content (AvgIpc) is 2.60. The number of hydrogen-bond donors (Lipinski definition) is 2.